The van der Waals surface area contributed by atoms with E-state index in [1.165, 1.54) is 0 Å². The zero-order valence-corrected chi connectivity index (χ0v) is 12.4. The van der Waals surface area contributed by atoms with Gasteiger partial charge in [-0.1, -0.05) is 11.8 Å². The zero-order chi connectivity index (χ0) is 15.7. The molecule has 6 nitrogen and oxygen atoms in total. The zero-order valence-electron chi connectivity index (χ0n) is 11.6. The van der Waals surface area contributed by atoms with Crippen LogP contribution in [0.4, 0.5) is 5.69 Å². The third kappa shape index (κ3) is 6.79. The second-order valence-electron chi connectivity index (χ2n) is 4.02. The smallest absolute Gasteiger partial charge is 0.323 e. The van der Waals surface area contributed by atoms with Gasteiger partial charge in [0.25, 0.3) is 0 Å². The molecule has 0 saturated heterocycles. The fourth-order valence-electron chi connectivity index (χ4n) is 1.42. The van der Waals surface area contributed by atoms with Crippen molar-refractivity contribution in [2.75, 3.05) is 23.7 Å². The number of sulfonamides is 1. The van der Waals surface area contributed by atoms with Crippen molar-refractivity contribution in [2.45, 2.75) is 13.3 Å². The molecular formula is C14H17NO5S. The summed E-state index contributed by atoms with van der Waals surface area (Å²) in [6.45, 7) is 1.74. The first-order valence-electron chi connectivity index (χ1n) is 6.32. The molecular weight excluding hydrogens is 294 g/mol. The fourth-order valence-corrected chi connectivity index (χ4v) is 2.38. The van der Waals surface area contributed by atoms with Crippen molar-refractivity contribution in [3.8, 4) is 11.8 Å². The summed E-state index contributed by atoms with van der Waals surface area (Å²) < 4.78 is 30.3. The first-order valence-corrected chi connectivity index (χ1v) is 7.98. The Morgan fingerprint density at radius 2 is 2.00 bits per heavy atom. The van der Waals surface area contributed by atoms with Crippen LogP contribution in [-0.2, 0) is 19.6 Å². The van der Waals surface area contributed by atoms with Crippen LogP contribution in [0, 0.1) is 11.8 Å². The average molecular weight is 311 g/mol. The molecule has 0 fully saturated rings. The molecule has 0 aliphatic heterocycles. The third-order valence-corrected chi connectivity index (χ3v) is 3.40. The van der Waals surface area contributed by atoms with E-state index in [1.54, 1.807) is 31.2 Å². The van der Waals surface area contributed by atoms with E-state index in [9.17, 15) is 13.2 Å². The van der Waals surface area contributed by atoms with Gasteiger partial charge in [-0.2, -0.15) is 0 Å². The fraction of sp³-hybridized carbons (Fsp3) is 0.357. The molecule has 0 spiro atoms. The molecule has 1 rings (SSSR count). The second kappa shape index (κ2) is 8.29. The number of carbonyl (C=O) groups is 1. The Hall–Kier alpha value is -2.04. The summed E-state index contributed by atoms with van der Waals surface area (Å²) in [5.74, 6) is 4.06. The van der Waals surface area contributed by atoms with Crippen LogP contribution < -0.4 is 4.72 Å². The molecule has 0 unspecified atom stereocenters. The van der Waals surface area contributed by atoms with E-state index in [4.69, 9.17) is 5.11 Å². The number of benzene rings is 1. The lowest BCUT2D eigenvalue weighted by Gasteiger charge is -2.07. The Morgan fingerprint density at radius 3 is 2.57 bits per heavy atom. The first kappa shape index (κ1) is 17.0. The van der Waals surface area contributed by atoms with Gasteiger partial charge in [0, 0.05) is 17.7 Å². The molecule has 0 saturated carbocycles. The molecule has 7 heteroatoms. The summed E-state index contributed by atoms with van der Waals surface area (Å²) in [5.41, 5.74) is 1.05. The summed E-state index contributed by atoms with van der Waals surface area (Å²) in [7, 11) is -3.78. The van der Waals surface area contributed by atoms with Crippen LogP contribution in [0.1, 0.15) is 18.9 Å². The number of aliphatic hydroxyl groups excluding tert-OH is 1. The normalized spacial score (nSPS) is 10.4. The largest absolute Gasteiger partial charge is 0.465 e. The van der Waals surface area contributed by atoms with Crippen molar-refractivity contribution >= 4 is 21.7 Å². The van der Waals surface area contributed by atoms with Gasteiger partial charge in [0.1, 0.15) is 0 Å². The number of nitrogens with one attached hydrogen (secondary N) is 1. The summed E-state index contributed by atoms with van der Waals surface area (Å²) in [6.07, 6.45) is 0.383. The summed E-state index contributed by atoms with van der Waals surface area (Å²) in [4.78, 5) is 11.2. The third-order valence-electron chi connectivity index (χ3n) is 2.24. The molecule has 0 aliphatic rings. The van der Waals surface area contributed by atoms with E-state index >= 15 is 0 Å². The van der Waals surface area contributed by atoms with E-state index < -0.39 is 21.7 Å². The van der Waals surface area contributed by atoms with Gasteiger partial charge in [-0.15, -0.1) is 0 Å². The Kier molecular flexibility index (Phi) is 6.72. The lowest BCUT2D eigenvalue weighted by Crippen LogP contribution is -2.24. The predicted octanol–water partition coefficient (Wildman–Crippen LogP) is 0.725. The molecule has 0 bridgehead atoms. The average Bonchev–Trinajstić information content (AvgIpc) is 2.40. The molecule has 0 aliphatic carbocycles. The van der Waals surface area contributed by atoms with Crippen molar-refractivity contribution in [3.63, 3.8) is 0 Å². The van der Waals surface area contributed by atoms with Crippen LogP contribution >= 0.6 is 0 Å². The highest BCUT2D eigenvalue weighted by molar-refractivity contribution is 7.93. The maximum atomic E-state index is 11.7. The molecule has 0 radical (unpaired) electrons. The lowest BCUT2D eigenvalue weighted by molar-refractivity contribution is -0.139. The van der Waals surface area contributed by atoms with Gasteiger partial charge in [-0.25, -0.2) is 8.42 Å². The van der Waals surface area contributed by atoms with Crippen LogP contribution in [0.2, 0.25) is 0 Å². The Balaban J connectivity index is 2.67. The number of hydrogen-bond acceptors (Lipinski definition) is 5. The number of carbonyl (C=O) groups excluding carboxylic acids is 1. The maximum absolute atomic E-state index is 11.7. The molecule has 0 atom stereocenters. The summed E-state index contributed by atoms with van der Waals surface area (Å²) in [6, 6.07) is 6.39. The minimum absolute atomic E-state index is 0.00125. The number of hydrogen-bond donors (Lipinski definition) is 2. The Morgan fingerprint density at radius 1 is 1.33 bits per heavy atom. The van der Waals surface area contributed by atoms with Gasteiger partial charge < -0.3 is 9.84 Å². The van der Waals surface area contributed by atoms with Crippen molar-refractivity contribution in [2.24, 2.45) is 0 Å². The number of rotatable bonds is 6. The van der Waals surface area contributed by atoms with Crippen molar-refractivity contribution in [1.82, 2.24) is 0 Å². The molecule has 114 valence electrons. The minimum Gasteiger partial charge on any atom is -0.465 e. The number of aliphatic hydroxyl groups is 1. The van der Waals surface area contributed by atoms with E-state index in [0.29, 0.717) is 17.7 Å². The molecule has 21 heavy (non-hydrogen) atoms. The molecule has 1 aromatic rings. The maximum Gasteiger partial charge on any atom is 0.323 e. The van der Waals surface area contributed by atoms with Crippen LogP contribution in [0.3, 0.4) is 0 Å². The molecule has 0 heterocycles. The molecule has 0 amide bonds. The van der Waals surface area contributed by atoms with Gasteiger partial charge >= 0.3 is 5.97 Å². The van der Waals surface area contributed by atoms with Gasteiger partial charge in [-0.3, -0.25) is 9.52 Å². The van der Waals surface area contributed by atoms with Gasteiger partial charge in [-0.05, 0) is 31.2 Å². The lowest BCUT2D eigenvalue weighted by atomic mass is 10.2. The van der Waals surface area contributed by atoms with Crippen LogP contribution in [0.5, 0.6) is 0 Å². The van der Waals surface area contributed by atoms with E-state index in [0.717, 1.165) is 0 Å². The highest BCUT2D eigenvalue weighted by Crippen LogP contribution is 2.11. The quantitative estimate of drug-likeness (QED) is 0.597. The standard InChI is InChI=1S/C14H17NO5S/c1-2-20-14(17)11-21(18,19)15-13-8-6-12(7-9-13)5-3-4-10-16/h6-9,15-16H,2,4,10-11H2,1H3. The molecule has 0 aromatic heterocycles. The topological polar surface area (TPSA) is 92.7 Å². The minimum atomic E-state index is -3.78. The SMILES string of the molecule is CCOC(=O)CS(=O)(=O)Nc1ccc(C#CCCO)cc1. The van der Waals surface area contributed by atoms with Gasteiger partial charge in [0.05, 0.1) is 13.2 Å². The second-order valence-corrected chi connectivity index (χ2v) is 5.74. The summed E-state index contributed by atoms with van der Waals surface area (Å²) >= 11 is 0. The van der Waals surface area contributed by atoms with E-state index in [2.05, 4.69) is 21.3 Å². The molecule has 1 aromatic carbocycles. The highest BCUT2D eigenvalue weighted by atomic mass is 32.2. The van der Waals surface area contributed by atoms with Crippen LogP contribution in [0.15, 0.2) is 24.3 Å². The van der Waals surface area contributed by atoms with Crippen LogP contribution in [-0.4, -0.2) is 38.5 Å². The predicted molar refractivity (Wildman–Crippen MR) is 79.1 cm³/mol. The Labute approximate surface area is 124 Å². The monoisotopic (exact) mass is 311 g/mol. The first-order chi connectivity index (χ1) is 9.96. The number of anilines is 1. The summed E-state index contributed by atoms with van der Waals surface area (Å²) in [5, 5.41) is 8.61. The number of ether oxygens (including phenoxy) is 1. The van der Waals surface area contributed by atoms with Crippen molar-refractivity contribution in [3.05, 3.63) is 29.8 Å². The van der Waals surface area contributed by atoms with Gasteiger partial charge in [0.2, 0.25) is 10.0 Å². The Bertz CT molecular complexity index is 626. The highest BCUT2D eigenvalue weighted by Gasteiger charge is 2.17. The molecule has 2 N–H and O–H groups in total. The van der Waals surface area contributed by atoms with E-state index in [1.807, 2.05) is 0 Å². The van der Waals surface area contributed by atoms with Crippen LogP contribution in [0.25, 0.3) is 0 Å². The van der Waals surface area contributed by atoms with Crippen molar-refractivity contribution < 1.29 is 23.1 Å². The number of esters is 1. The van der Waals surface area contributed by atoms with E-state index in [-0.39, 0.29) is 13.2 Å². The van der Waals surface area contributed by atoms with Crippen molar-refractivity contribution in [1.29, 1.82) is 0 Å². The van der Waals surface area contributed by atoms with Gasteiger partial charge in [0.15, 0.2) is 5.75 Å².